The van der Waals surface area contributed by atoms with Gasteiger partial charge in [0.15, 0.2) is 0 Å². The van der Waals surface area contributed by atoms with Crippen LogP contribution in [0.5, 0.6) is 5.88 Å². The summed E-state index contributed by atoms with van der Waals surface area (Å²) in [5, 5.41) is -1.37. The molecule has 0 amide bonds. The van der Waals surface area contributed by atoms with Gasteiger partial charge in [-0.15, -0.1) is 24.8 Å². The van der Waals surface area contributed by atoms with Crippen LogP contribution in [0.2, 0.25) is 0 Å². The molecule has 0 aliphatic rings. The van der Waals surface area contributed by atoms with E-state index in [9.17, 15) is 26.7 Å². The first-order valence-corrected chi connectivity index (χ1v) is 5.40. The van der Waals surface area contributed by atoms with Crippen molar-refractivity contribution in [1.29, 1.82) is 0 Å². The number of carbonyl (C=O) groups excluding carboxylic acids is 1. The lowest BCUT2D eigenvalue weighted by molar-refractivity contribution is -0.276. The fraction of sp³-hybridized carbons (Fsp3) is 0.333. The van der Waals surface area contributed by atoms with Crippen LogP contribution in [0.25, 0.3) is 0 Å². The Morgan fingerprint density at radius 1 is 1.42 bits per heavy atom. The Bertz CT molecular complexity index is 492. The number of nitrogens with zero attached hydrogens (tertiary/aromatic N) is 1. The summed E-state index contributed by atoms with van der Waals surface area (Å²) in [7, 11) is 0. The van der Waals surface area contributed by atoms with Crippen molar-refractivity contribution in [3.63, 3.8) is 0 Å². The number of pyridine rings is 1. The van der Waals surface area contributed by atoms with Gasteiger partial charge in [-0.2, -0.15) is 0 Å². The van der Waals surface area contributed by atoms with Gasteiger partial charge in [0.2, 0.25) is 5.88 Å². The Hall–Kier alpha value is -1.15. The molecule has 0 unspecified atom stereocenters. The topological polar surface area (TPSA) is 39.2 Å². The molecule has 0 fully saturated rings. The third kappa shape index (κ3) is 3.90. The van der Waals surface area contributed by atoms with Gasteiger partial charge in [-0.1, -0.05) is 0 Å². The molecular weight excluding hydrogens is 320 g/mol. The summed E-state index contributed by atoms with van der Waals surface area (Å²) < 4.78 is 65.1. The molecule has 3 nitrogen and oxygen atoms in total. The fourth-order valence-corrected chi connectivity index (χ4v) is 1.70. The summed E-state index contributed by atoms with van der Waals surface area (Å²) in [6, 6.07) is 0. The summed E-state index contributed by atoms with van der Waals surface area (Å²) >= 11 is 10.5. The monoisotopic (exact) mass is 323 g/mol. The van der Waals surface area contributed by atoms with Crippen LogP contribution in [0.4, 0.5) is 22.0 Å². The van der Waals surface area contributed by atoms with Crippen molar-refractivity contribution in [2.75, 3.05) is 0 Å². The largest absolute Gasteiger partial charge is 0.574 e. The molecule has 1 aromatic rings. The van der Waals surface area contributed by atoms with Crippen LogP contribution in [0.15, 0.2) is 6.20 Å². The molecule has 0 radical (unpaired) electrons. The highest BCUT2D eigenvalue weighted by molar-refractivity contribution is 6.68. The number of hydrogen-bond donors (Lipinski definition) is 0. The third-order valence-electron chi connectivity index (χ3n) is 1.93. The first-order valence-electron chi connectivity index (χ1n) is 4.48. The molecule has 0 N–H and O–H groups in total. The zero-order chi connectivity index (χ0) is 14.8. The van der Waals surface area contributed by atoms with Gasteiger partial charge in [0.05, 0.1) is 11.1 Å². The summed E-state index contributed by atoms with van der Waals surface area (Å²) in [6.45, 7) is 0. The van der Waals surface area contributed by atoms with E-state index in [-0.39, 0.29) is 5.56 Å². The van der Waals surface area contributed by atoms with Crippen LogP contribution in [0, 0.1) is 0 Å². The van der Waals surface area contributed by atoms with Gasteiger partial charge >= 0.3 is 6.36 Å². The number of halogens is 7. The number of aromatic nitrogens is 1. The predicted molar refractivity (Wildman–Crippen MR) is 55.6 cm³/mol. The number of ether oxygens (including phenoxy) is 1. The second-order valence-electron chi connectivity index (χ2n) is 3.13. The van der Waals surface area contributed by atoms with Crippen molar-refractivity contribution in [1.82, 2.24) is 4.98 Å². The van der Waals surface area contributed by atoms with E-state index in [4.69, 9.17) is 23.2 Å². The summed E-state index contributed by atoms with van der Waals surface area (Å²) in [4.78, 5) is 14.2. The summed E-state index contributed by atoms with van der Waals surface area (Å²) in [5.74, 6) is -1.85. The molecule has 0 aliphatic heterocycles. The van der Waals surface area contributed by atoms with Gasteiger partial charge in [-0.05, 0) is 17.2 Å². The number of rotatable bonds is 4. The van der Waals surface area contributed by atoms with E-state index in [1.807, 2.05) is 0 Å². The molecule has 19 heavy (non-hydrogen) atoms. The van der Waals surface area contributed by atoms with Crippen molar-refractivity contribution in [3.05, 3.63) is 22.9 Å². The van der Waals surface area contributed by atoms with Gasteiger partial charge in [-0.3, -0.25) is 4.79 Å². The molecule has 1 rings (SSSR count). The molecule has 106 valence electrons. The molecule has 10 heteroatoms. The highest BCUT2D eigenvalue weighted by Crippen LogP contribution is 2.36. The molecule has 0 saturated carbocycles. The average Bonchev–Trinajstić information content (AvgIpc) is 2.25. The van der Waals surface area contributed by atoms with E-state index in [0.29, 0.717) is 0 Å². The van der Waals surface area contributed by atoms with Gasteiger partial charge in [-0.25, -0.2) is 13.8 Å². The molecule has 0 saturated heterocycles. The molecular formula is C9H4Cl2F5NO2. The first-order chi connectivity index (χ1) is 8.67. The van der Waals surface area contributed by atoms with Crippen LogP contribution in [0.3, 0.4) is 0 Å². The average molecular weight is 324 g/mol. The lowest BCUT2D eigenvalue weighted by atomic mass is 10.1. The smallest absolute Gasteiger partial charge is 0.387 e. The maximum Gasteiger partial charge on any atom is 0.574 e. The van der Waals surface area contributed by atoms with Gasteiger partial charge in [0.25, 0.3) is 11.7 Å². The van der Waals surface area contributed by atoms with E-state index < -0.39 is 40.9 Å². The third-order valence-corrected chi connectivity index (χ3v) is 2.41. The standard InChI is InChI=1S/C9H4Cl2F5NO2/c10-1-3-2-17-8(19-9(14,15)16)5(7(12)13)4(3)6(11)18/h2,7H,1H2. The normalized spacial score (nSPS) is 11.8. The zero-order valence-electron chi connectivity index (χ0n) is 8.77. The van der Waals surface area contributed by atoms with E-state index in [1.165, 1.54) is 0 Å². The second kappa shape index (κ2) is 5.87. The molecule has 0 bridgehead atoms. The maximum absolute atomic E-state index is 12.8. The molecule has 0 atom stereocenters. The summed E-state index contributed by atoms with van der Waals surface area (Å²) in [6.07, 6.45) is -7.95. The van der Waals surface area contributed by atoms with Crippen molar-refractivity contribution < 1.29 is 31.5 Å². The van der Waals surface area contributed by atoms with Gasteiger partial charge in [0.1, 0.15) is 0 Å². The molecule has 1 heterocycles. The van der Waals surface area contributed by atoms with E-state index in [2.05, 4.69) is 9.72 Å². The number of hydrogen-bond acceptors (Lipinski definition) is 3. The highest BCUT2D eigenvalue weighted by Gasteiger charge is 2.36. The Balaban J connectivity index is 3.49. The Labute approximate surface area is 113 Å². The SMILES string of the molecule is O=C(Cl)c1c(CCl)cnc(OC(F)(F)F)c1C(F)F. The predicted octanol–water partition coefficient (Wildman–Crippen LogP) is 4.04. The molecule has 0 aromatic carbocycles. The lowest BCUT2D eigenvalue weighted by Gasteiger charge is -2.15. The minimum absolute atomic E-state index is 0.216. The van der Waals surface area contributed by atoms with Gasteiger partial charge < -0.3 is 4.74 Å². The van der Waals surface area contributed by atoms with Crippen LogP contribution in [-0.2, 0) is 5.88 Å². The minimum atomic E-state index is -5.23. The van der Waals surface area contributed by atoms with Crippen LogP contribution >= 0.6 is 23.2 Å². The van der Waals surface area contributed by atoms with E-state index >= 15 is 0 Å². The van der Waals surface area contributed by atoms with Crippen LogP contribution in [0.1, 0.15) is 27.9 Å². The maximum atomic E-state index is 12.8. The highest BCUT2D eigenvalue weighted by atomic mass is 35.5. The number of carbonyl (C=O) groups is 1. The second-order valence-corrected chi connectivity index (χ2v) is 3.74. The quantitative estimate of drug-likeness (QED) is 0.477. The Morgan fingerprint density at radius 3 is 2.37 bits per heavy atom. The van der Waals surface area contributed by atoms with Gasteiger partial charge in [0, 0.05) is 12.1 Å². The van der Waals surface area contributed by atoms with E-state index in [1.54, 1.807) is 0 Å². The molecule has 0 spiro atoms. The first kappa shape index (κ1) is 15.9. The van der Waals surface area contributed by atoms with Crippen molar-refractivity contribution >= 4 is 28.4 Å². The van der Waals surface area contributed by atoms with Crippen LogP contribution < -0.4 is 4.74 Å². The molecule has 0 aliphatic carbocycles. The fourth-order valence-electron chi connectivity index (χ4n) is 1.28. The van der Waals surface area contributed by atoms with Crippen molar-refractivity contribution in [3.8, 4) is 5.88 Å². The van der Waals surface area contributed by atoms with E-state index in [0.717, 1.165) is 6.20 Å². The zero-order valence-corrected chi connectivity index (χ0v) is 10.3. The Morgan fingerprint density at radius 2 is 2.00 bits per heavy atom. The van der Waals surface area contributed by atoms with Crippen molar-refractivity contribution in [2.45, 2.75) is 18.7 Å². The number of alkyl halides is 6. The lowest BCUT2D eigenvalue weighted by Crippen LogP contribution is -2.20. The van der Waals surface area contributed by atoms with Crippen molar-refractivity contribution in [2.24, 2.45) is 0 Å². The Kier molecular flexibility index (Phi) is 4.92. The summed E-state index contributed by atoms with van der Waals surface area (Å²) in [5.41, 5.74) is -2.39. The molecule has 1 aromatic heterocycles. The minimum Gasteiger partial charge on any atom is -0.387 e. The van der Waals surface area contributed by atoms with Crippen LogP contribution in [-0.4, -0.2) is 16.6 Å².